The lowest BCUT2D eigenvalue weighted by Crippen LogP contribution is -2.49. The first-order chi connectivity index (χ1) is 15.8. The van der Waals surface area contributed by atoms with Gasteiger partial charge in [0.25, 0.3) is 5.91 Å². The van der Waals surface area contributed by atoms with Crippen LogP contribution in [0.5, 0.6) is 5.75 Å². The molecule has 0 saturated carbocycles. The van der Waals surface area contributed by atoms with Gasteiger partial charge in [0, 0.05) is 38.3 Å². The van der Waals surface area contributed by atoms with Crippen molar-refractivity contribution in [1.82, 2.24) is 25.1 Å². The third kappa shape index (κ3) is 4.43. The Labute approximate surface area is 186 Å². The molecule has 5 rings (SSSR count). The molecule has 0 bridgehead atoms. The molecule has 32 heavy (non-hydrogen) atoms. The van der Waals surface area contributed by atoms with Gasteiger partial charge < -0.3 is 19.3 Å². The van der Waals surface area contributed by atoms with Crippen LogP contribution in [0.4, 0.5) is 5.95 Å². The molecule has 1 amide bonds. The van der Waals surface area contributed by atoms with E-state index in [0.29, 0.717) is 44.3 Å². The maximum absolute atomic E-state index is 13.0. The fraction of sp³-hybridized carbons (Fsp3) is 0.391. The quantitative estimate of drug-likeness (QED) is 0.588. The van der Waals surface area contributed by atoms with Crippen molar-refractivity contribution in [3.05, 3.63) is 60.2 Å². The monoisotopic (exact) mass is 434 g/mol. The molecular formula is C23H26N6O3. The van der Waals surface area contributed by atoms with Crippen LogP contribution in [0.15, 0.2) is 54.6 Å². The topological polar surface area (TPSA) is 85.6 Å². The number of carbonyl (C=O) groups is 1. The summed E-state index contributed by atoms with van der Waals surface area (Å²) < 4.78 is 13.1. The van der Waals surface area contributed by atoms with Crippen LogP contribution in [-0.4, -0.2) is 76.5 Å². The van der Waals surface area contributed by atoms with E-state index in [4.69, 9.17) is 9.47 Å². The lowest BCUT2D eigenvalue weighted by Gasteiger charge is -2.34. The summed E-state index contributed by atoms with van der Waals surface area (Å²) in [5, 5.41) is 12.2. The Bertz CT molecular complexity index is 1030. The van der Waals surface area contributed by atoms with Gasteiger partial charge in [0.1, 0.15) is 12.4 Å². The van der Waals surface area contributed by atoms with Crippen molar-refractivity contribution in [2.75, 3.05) is 44.3 Å². The predicted molar refractivity (Wildman–Crippen MR) is 118 cm³/mol. The van der Waals surface area contributed by atoms with Crippen LogP contribution in [0.1, 0.15) is 23.2 Å². The summed E-state index contributed by atoms with van der Waals surface area (Å²) >= 11 is 0. The van der Waals surface area contributed by atoms with E-state index in [1.165, 1.54) is 0 Å². The molecule has 0 N–H and O–H groups in total. The molecule has 9 heteroatoms. The molecule has 1 aromatic heterocycles. The number of carbonyl (C=O) groups excluding carboxylic acids is 1. The van der Waals surface area contributed by atoms with Crippen LogP contribution >= 0.6 is 0 Å². The number of tetrazole rings is 1. The molecule has 9 nitrogen and oxygen atoms in total. The van der Waals surface area contributed by atoms with Crippen LogP contribution in [-0.2, 0) is 4.74 Å². The summed E-state index contributed by atoms with van der Waals surface area (Å²) in [6.07, 6.45) is 2.31. The second kappa shape index (κ2) is 9.35. The fourth-order valence-corrected chi connectivity index (χ4v) is 4.07. The van der Waals surface area contributed by atoms with E-state index in [2.05, 4.69) is 20.4 Å². The van der Waals surface area contributed by atoms with Gasteiger partial charge in [-0.3, -0.25) is 4.79 Å². The Hall–Kier alpha value is -3.46. The van der Waals surface area contributed by atoms with Crippen molar-refractivity contribution in [3.8, 4) is 11.4 Å². The molecule has 0 spiro atoms. The van der Waals surface area contributed by atoms with E-state index in [0.717, 1.165) is 30.9 Å². The number of ether oxygens (including phenoxy) is 2. The van der Waals surface area contributed by atoms with Gasteiger partial charge in [0.05, 0.1) is 11.8 Å². The van der Waals surface area contributed by atoms with Crippen LogP contribution in [0, 0.1) is 0 Å². The van der Waals surface area contributed by atoms with Gasteiger partial charge in [-0.2, -0.15) is 4.68 Å². The zero-order chi connectivity index (χ0) is 21.8. The molecule has 3 aromatic rings. The number of hydrogen-bond acceptors (Lipinski definition) is 7. The minimum atomic E-state index is 0.0259. The first-order valence-corrected chi connectivity index (χ1v) is 11.0. The van der Waals surface area contributed by atoms with Crippen molar-refractivity contribution < 1.29 is 14.3 Å². The van der Waals surface area contributed by atoms with Gasteiger partial charge >= 0.3 is 0 Å². The number of piperazine rings is 1. The summed E-state index contributed by atoms with van der Waals surface area (Å²) in [5.74, 6) is 1.48. The highest BCUT2D eigenvalue weighted by Crippen LogP contribution is 2.20. The smallest absolute Gasteiger partial charge is 0.253 e. The number of hydrogen-bond donors (Lipinski definition) is 0. The SMILES string of the molecule is O=C(c1ccc(OCC2CCCO2)cc1)N1CCN(c2nnnn2-c2ccccc2)CC1. The van der Waals surface area contributed by atoms with E-state index in [-0.39, 0.29) is 12.0 Å². The van der Waals surface area contributed by atoms with E-state index < -0.39 is 0 Å². The average molecular weight is 435 g/mol. The van der Waals surface area contributed by atoms with Gasteiger partial charge in [-0.15, -0.1) is 0 Å². The minimum Gasteiger partial charge on any atom is -0.491 e. The average Bonchev–Trinajstić information content (AvgIpc) is 3.56. The standard InChI is InChI=1S/C23H26N6O3/c30-22(18-8-10-20(11-9-18)32-17-21-7-4-16-31-21)27-12-14-28(15-13-27)23-24-25-26-29(23)19-5-2-1-3-6-19/h1-3,5-6,8-11,21H,4,7,12-17H2. The van der Waals surface area contributed by atoms with Crippen LogP contribution in [0.3, 0.4) is 0 Å². The second-order valence-electron chi connectivity index (χ2n) is 7.98. The van der Waals surface area contributed by atoms with Crippen molar-refractivity contribution in [1.29, 1.82) is 0 Å². The third-order valence-electron chi connectivity index (χ3n) is 5.86. The molecule has 0 aliphatic carbocycles. The van der Waals surface area contributed by atoms with Crippen molar-refractivity contribution in [2.45, 2.75) is 18.9 Å². The number of benzene rings is 2. The summed E-state index contributed by atoms with van der Waals surface area (Å²) in [6.45, 7) is 3.92. The summed E-state index contributed by atoms with van der Waals surface area (Å²) in [4.78, 5) is 16.9. The van der Waals surface area contributed by atoms with Crippen molar-refractivity contribution in [3.63, 3.8) is 0 Å². The molecule has 3 heterocycles. The van der Waals surface area contributed by atoms with Gasteiger partial charge in [0.2, 0.25) is 5.95 Å². The molecule has 1 atom stereocenters. The Morgan fingerprint density at radius 2 is 1.81 bits per heavy atom. The highest BCUT2D eigenvalue weighted by molar-refractivity contribution is 5.94. The number of para-hydroxylation sites is 1. The Balaban J connectivity index is 1.17. The normalized spacial score (nSPS) is 18.7. The molecule has 2 saturated heterocycles. The summed E-state index contributed by atoms with van der Waals surface area (Å²) in [5.41, 5.74) is 1.57. The minimum absolute atomic E-state index is 0.0259. The number of nitrogens with zero attached hydrogens (tertiary/aromatic N) is 6. The maximum atomic E-state index is 13.0. The van der Waals surface area contributed by atoms with Crippen LogP contribution in [0.2, 0.25) is 0 Å². The summed E-state index contributed by atoms with van der Waals surface area (Å²) in [7, 11) is 0. The first-order valence-electron chi connectivity index (χ1n) is 11.0. The van der Waals surface area contributed by atoms with Gasteiger partial charge in [0.15, 0.2) is 0 Å². The third-order valence-corrected chi connectivity index (χ3v) is 5.86. The first kappa shape index (κ1) is 20.4. The summed E-state index contributed by atoms with van der Waals surface area (Å²) in [6, 6.07) is 17.2. The molecule has 166 valence electrons. The Kier molecular flexibility index (Phi) is 5.98. The largest absolute Gasteiger partial charge is 0.491 e. The van der Waals surface area contributed by atoms with Crippen LogP contribution in [0.25, 0.3) is 5.69 Å². The van der Waals surface area contributed by atoms with E-state index in [9.17, 15) is 4.79 Å². The molecule has 0 radical (unpaired) electrons. The molecule has 2 fully saturated rings. The molecule has 2 aromatic carbocycles. The van der Waals surface area contributed by atoms with E-state index in [1.807, 2.05) is 59.5 Å². The van der Waals surface area contributed by atoms with Crippen molar-refractivity contribution >= 4 is 11.9 Å². The molecule has 2 aliphatic rings. The lowest BCUT2D eigenvalue weighted by molar-refractivity contribution is 0.0678. The number of aromatic nitrogens is 4. The maximum Gasteiger partial charge on any atom is 0.253 e. The van der Waals surface area contributed by atoms with Crippen LogP contribution < -0.4 is 9.64 Å². The highest BCUT2D eigenvalue weighted by atomic mass is 16.5. The molecular weight excluding hydrogens is 408 g/mol. The zero-order valence-corrected chi connectivity index (χ0v) is 17.8. The fourth-order valence-electron chi connectivity index (χ4n) is 4.07. The Morgan fingerprint density at radius 1 is 1.03 bits per heavy atom. The second-order valence-corrected chi connectivity index (χ2v) is 7.98. The number of amides is 1. The molecule has 1 unspecified atom stereocenters. The van der Waals surface area contributed by atoms with Gasteiger partial charge in [-0.05, 0) is 59.7 Å². The number of anilines is 1. The number of rotatable bonds is 6. The van der Waals surface area contributed by atoms with Gasteiger partial charge in [-0.1, -0.05) is 23.3 Å². The Morgan fingerprint density at radius 3 is 2.53 bits per heavy atom. The van der Waals surface area contributed by atoms with E-state index >= 15 is 0 Å². The zero-order valence-electron chi connectivity index (χ0n) is 17.8. The highest BCUT2D eigenvalue weighted by Gasteiger charge is 2.25. The lowest BCUT2D eigenvalue weighted by atomic mass is 10.1. The predicted octanol–water partition coefficient (Wildman–Crippen LogP) is 2.18. The van der Waals surface area contributed by atoms with Crippen molar-refractivity contribution in [2.24, 2.45) is 0 Å². The molecule has 2 aliphatic heterocycles. The van der Waals surface area contributed by atoms with E-state index in [1.54, 1.807) is 4.68 Å². The van der Waals surface area contributed by atoms with Gasteiger partial charge in [-0.25, -0.2) is 0 Å².